The first-order chi connectivity index (χ1) is 13.6. The van der Waals surface area contributed by atoms with E-state index < -0.39 is 0 Å². The number of carbonyl (C=O) groups is 2. The van der Waals surface area contributed by atoms with Crippen LogP contribution in [-0.4, -0.2) is 42.4 Å². The van der Waals surface area contributed by atoms with Gasteiger partial charge in [0.25, 0.3) is 0 Å². The van der Waals surface area contributed by atoms with Crippen LogP contribution < -0.4 is 10.2 Å². The molecule has 28 heavy (non-hydrogen) atoms. The van der Waals surface area contributed by atoms with Crippen LogP contribution in [0.4, 0.5) is 11.4 Å². The molecule has 0 radical (unpaired) electrons. The second-order valence-electron chi connectivity index (χ2n) is 7.72. The molecule has 5 nitrogen and oxygen atoms in total. The summed E-state index contributed by atoms with van der Waals surface area (Å²) >= 11 is 0. The van der Waals surface area contributed by atoms with E-state index in [1.165, 1.54) is 5.56 Å². The molecule has 2 atom stereocenters. The number of rotatable bonds is 5. The third-order valence-corrected chi connectivity index (χ3v) is 5.94. The molecule has 0 spiro atoms. The highest BCUT2D eigenvalue weighted by molar-refractivity contribution is 6.03. The van der Waals surface area contributed by atoms with Crippen LogP contribution in [0.5, 0.6) is 0 Å². The Hall–Kier alpha value is -2.66. The topological polar surface area (TPSA) is 52.7 Å². The molecule has 2 heterocycles. The van der Waals surface area contributed by atoms with Crippen LogP contribution in [0, 0.1) is 0 Å². The summed E-state index contributed by atoms with van der Waals surface area (Å²) in [6.45, 7) is 4.49. The van der Waals surface area contributed by atoms with Crippen molar-refractivity contribution >= 4 is 23.2 Å². The van der Waals surface area contributed by atoms with Crippen LogP contribution in [0.1, 0.15) is 37.7 Å². The molecule has 2 aromatic carbocycles. The summed E-state index contributed by atoms with van der Waals surface area (Å²) in [6, 6.07) is 17.9. The summed E-state index contributed by atoms with van der Waals surface area (Å²) in [5, 5.41) is 3.06. The van der Waals surface area contributed by atoms with E-state index >= 15 is 0 Å². The Morgan fingerprint density at radius 3 is 2.57 bits per heavy atom. The quantitative estimate of drug-likeness (QED) is 0.866. The van der Waals surface area contributed by atoms with Crippen molar-refractivity contribution in [1.29, 1.82) is 0 Å². The van der Waals surface area contributed by atoms with Crippen molar-refractivity contribution in [1.82, 2.24) is 4.90 Å². The number of amides is 2. The molecule has 2 aliphatic heterocycles. The smallest absolute Gasteiger partial charge is 0.241 e. The van der Waals surface area contributed by atoms with Gasteiger partial charge in [0, 0.05) is 19.5 Å². The van der Waals surface area contributed by atoms with Crippen LogP contribution in [0.25, 0.3) is 0 Å². The second kappa shape index (κ2) is 8.15. The zero-order chi connectivity index (χ0) is 19.5. The molecule has 2 fully saturated rings. The lowest BCUT2D eigenvalue weighted by Gasteiger charge is -2.25. The lowest BCUT2D eigenvalue weighted by Crippen LogP contribution is -2.41. The van der Waals surface area contributed by atoms with Gasteiger partial charge in [0.2, 0.25) is 11.8 Å². The summed E-state index contributed by atoms with van der Waals surface area (Å²) in [6.07, 6.45) is 2.51. The van der Waals surface area contributed by atoms with E-state index in [0.29, 0.717) is 24.6 Å². The molecule has 0 bridgehead atoms. The predicted octanol–water partition coefficient (Wildman–Crippen LogP) is 3.63. The molecule has 146 valence electrons. The fraction of sp³-hybridized carbons (Fsp3) is 0.391. The van der Waals surface area contributed by atoms with Gasteiger partial charge in [-0.1, -0.05) is 42.5 Å². The Morgan fingerprint density at radius 1 is 1.07 bits per heavy atom. The Kier molecular flexibility index (Phi) is 5.44. The highest BCUT2D eigenvalue weighted by Crippen LogP contribution is 2.31. The van der Waals surface area contributed by atoms with Crippen molar-refractivity contribution < 1.29 is 9.59 Å². The number of hydrogen-bond acceptors (Lipinski definition) is 3. The summed E-state index contributed by atoms with van der Waals surface area (Å²) in [7, 11) is 0. The maximum absolute atomic E-state index is 12.9. The van der Waals surface area contributed by atoms with E-state index in [9.17, 15) is 9.59 Å². The van der Waals surface area contributed by atoms with Crippen LogP contribution in [-0.2, 0) is 9.59 Å². The summed E-state index contributed by atoms with van der Waals surface area (Å²) in [4.78, 5) is 29.1. The first-order valence-corrected chi connectivity index (χ1v) is 10.1. The summed E-state index contributed by atoms with van der Waals surface area (Å²) < 4.78 is 0. The van der Waals surface area contributed by atoms with Gasteiger partial charge >= 0.3 is 0 Å². The maximum atomic E-state index is 12.9. The fourth-order valence-electron chi connectivity index (χ4n) is 4.26. The molecule has 2 amide bonds. The van der Waals surface area contributed by atoms with Crippen molar-refractivity contribution in [2.24, 2.45) is 0 Å². The molecular weight excluding hydrogens is 350 g/mol. The van der Waals surface area contributed by atoms with Crippen LogP contribution >= 0.6 is 0 Å². The number of anilines is 2. The lowest BCUT2D eigenvalue weighted by molar-refractivity contribution is -0.120. The first-order valence-electron chi connectivity index (χ1n) is 10.1. The predicted molar refractivity (Wildman–Crippen MR) is 111 cm³/mol. The standard InChI is InChI=1S/C23H27N3O2/c1-17(25-15-13-19(16-25)18-8-3-2-4-9-18)23(28)24-20-10-5-6-11-21(20)26-14-7-12-22(26)27/h2-6,8-11,17,19H,7,12-16H2,1H3,(H,24,28)/t17-,19+/m0/s1. The highest BCUT2D eigenvalue weighted by Gasteiger charge is 2.31. The van der Waals surface area contributed by atoms with Gasteiger partial charge in [-0.25, -0.2) is 0 Å². The monoisotopic (exact) mass is 377 g/mol. The van der Waals surface area contributed by atoms with Crippen LogP contribution in [0.2, 0.25) is 0 Å². The molecule has 0 unspecified atom stereocenters. The summed E-state index contributed by atoms with van der Waals surface area (Å²) in [5.41, 5.74) is 2.86. The Labute approximate surface area is 166 Å². The van der Waals surface area contributed by atoms with Crippen LogP contribution in [0.15, 0.2) is 54.6 Å². The average molecular weight is 377 g/mol. The number of likely N-dealkylation sites (tertiary alicyclic amines) is 1. The van der Waals surface area contributed by atoms with Gasteiger partial charge in [0.1, 0.15) is 0 Å². The Bertz CT molecular complexity index is 852. The van der Waals surface area contributed by atoms with Crippen molar-refractivity contribution in [2.75, 3.05) is 29.9 Å². The van der Waals surface area contributed by atoms with Gasteiger partial charge in [0.05, 0.1) is 17.4 Å². The first kappa shape index (κ1) is 18.7. The van der Waals surface area contributed by atoms with Gasteiger partial charge in [-0.15, -0.1) is 0 Å². The molecule has 2 saturated heterocycles. The van der Waals surface area contributed by atoms with Gasteiger partial charge in [-0.05, 0) is 49.9 Å². The van der Waals surface area contributed by atoms with E-state index in [2.05, 4.69) is 34.5 Å². The minimum absolute atomic E-state index is 0.0205. The number of benzene rings is 2. The molecule has 5 heteroatoms. The number of para-hydroxylation sites is 2. The zero-order valence-electron chi connectivity index (χ0n) is 16.3. The van der Waals surface area contributed by atoms with E-state index in [1.54, 1.807) is 4.90 Å². The lowest BCUT2D eigenvalue weighted by atomic mass is 9.99. The molecular formula is C23H27N3O2. The van der Waals surface area contributed by atoms with Crippen molar-refractivity contribution in [3.8, 4) is 0 Å². The normalized spacial score (nSPS) is 21.1. The van der Waals surface area contributed by atoms with E-state index in [1.807, 2.05) is 37.3 Å². The SMILES string of the molecule is C[C@@H](C(=O)Nc1ccccc1N1CCCC1=O)N1CC[C@@H](c2ccccc2)C1. The van der Waals surface area contributed by atoms with Gasteiger partial charge in [-0.3, -0.25) is 14.5 Å². The molecule has 0 saturated carbocycles. The van der Waals surface area contributed by atoms with Crippen molar-refractivity contribution in [3.05, 3.63) is 60.2 Å². The third-order valence-electron chi connectivity index (χ3n) is 5.94. The number of hydrogen-bond donors (Lipinski definition) is 1. The number of carbonyl (C=O) groups excluding carboxylic acids is 2. The molecule has 0 aliphatic carbocycles. The molecule has 4 rings (SSSR count). The molecule has 2 aliphatic rings. The second-order valence-corrected chi connectivity index (χ2v) is 7.72. The summed E-state index contributed by atoms with van der Waals surface area (Å²) in [5.74, 6) is 0.582. The molecule has 0 aromatic heterocycles. The minimum Gasteiger partial charge on any atom is -0.323 e. The Balaban J connectivity index is 1.42. The number of nitrogens with zero attached hydrogens (tertiary/aromatic N) is 2. The van der Waals surface area contributed by atoms with Gasteiger partial charge < -0.3 is 10.2 Å². The van der Waals surface area contributed by atoms with Crippen molar-refractivity contribution in [2.45, 2.75) is 38.1 Å². The molecule has 2 aromatic rings. The van der Waals surface area contributed by atoms with Gasteiger partial charge in [-0.2, -0.15) is 0 Å². The Morgan fingerprint density at radius 2 is 1.82 bits per heavy atom. The fourth-order valence-corrected chi connectivity index (χ4v) is 4.26. The largest absolute Gasteiger partial charge is 0.323 e. The zero-order valence-corrected chi connectivity index (χ0v) is 16.3. The van der Waals surface area contributed by atoms with Crippen molar-refractivity contribution in [3.63, 3.8) is 0 Å². The van der Waals surface area contributed by atoms with E-state index in [0.717, 1.165) is 31.6 Å². The van der Waals surface area contributed by atoms with Gasteiger partial charge in [0.15, 0.2) is 0 Å². The molecule has 1 N–H and O–H groups in total. The average Bonchev–Trinajstić information content (AvgIpc) is 3.38. The van der Waals surface area contributed by atoms with E-state index in [-0.39, 0.29) is 17.9 Å². The highest BCUT2D eigenvalue weighted by atomic mass is 16.2. The van der Waals surface area contributed by atoms with Crippen LogP contribution in [0.3, 0.4) is 0 Å². The minimum atomic E-state index is -0.212. The number of nitrogens with one attached hydrogen (secondary N) is 1. The van der Waals surface area contributed by atoms with E-state index in [4.69, 9.17) is 0 Å². The third kappa shape index (κ3) is 3.80. The maximum Gasteiger partial charge on any atom is 0.241 e.